The van der Waals surface area contributed by atoms with Gasteiger partial charge in [0.1, 0.15) is 6.29 Å². The highest BCUT2D eigenvalue weighted by atomic mass is 16.1. The van der Waals surface area contributed by atoms with Gasteiger partial charge in [0.15, 0.2) is 0 Å². The number of hydrogen-bond acceptors (Lipinski definition) is 1. The van der Waals surface area contributed by atoms with Gasteiger partial charge in [0.25, 0.3) is 0 Å². The molecular formula is C13H12O. The maximum absolute atomic E-state index is 10.8. The summed E-state index contributed by atoms with van der Waals surface area (Å²) in [6, 6.07) is 12.1. The Morgan fingerprint density at radius 1 is 1.14 bits per heavy atom. The third-order valence-corrected chi connectivity index (χ3v) is 2.56. The summed E-state index contributed by atoms with van der Waals surface area (Å²) >= 11 is 0. The predicted octanol–water partition coefficient (Wildman–Crippen LogP) is 3.21. The Labute approximate surface area is 83.4 Å². The third kappa shape index (κ3) is 1.31. The second-order valence-electron chi connectivity index (χ2n) is 3.33. The topological polar surface area (TPSA) is 17.1 Å². The lowest BCUT2D eigenvalue weighted by atomic mass is 9.98. The van der Waals surface area contributed by atoms with Crippen LogP contribution < -0.4 is 0 Å². The van der Waals surface area contributed by atoms with Gasteiger partial charge in [-0.2, -0.15) is 0 Å². The maximum Gasteiger partial charge on any atom is 0.150 e. The second-order valence-corrected chi connectivity index (χ2v) is 3.33. The van der Waals surface area contributed by atoms with Gasteiger partial charge in [-0.05, 0) is 22.8 Å². The van der Waals surface area contributed by atoms with E-state index in [0.717, 1.165) is 23.8 Å². The molecule has 0 saturated heterocycles. The predicted molar refractivity (Wildman–Crippen MR) is 58.7 cm³/mol. The third-order valence-electron chi connectivity index (χ3n) is 2.56. The Bertz CT molecular complexity index is 472. The van der Waals surface area contributed by atoms with E-state index in [2.05, 4.69) is 19.1 Å². The van der Waals surface area contributed by atoms with Gasteiger partial charge in [0.2, 0.25) is 0 Å². The number of fused-ring (bicyclic) bond motifs is 1. The van der Waals surface area contributed by atoms with Gasteiger partial charge in [-0.25, -0.2) is 0 Å². The van der Waals surface area contributed by atoms with Crippen molar-refractivity contribution in [2.45, 2.75) is 13.3 Å². The minimum atomic E-state index is 0.811. The molecule has 0 atom stereocenters. The first-order valence-electron chi connectivity index (χ1n) is 4.82. The zero-order valence-corrected chi connectivity index (χ0v) is 8.16. The maximum atomic E-state index is 10.8. The van der Waals surface area contributed by atoms with Crippen LogP contribution in [-0.4, -0.2) is 6.29 Å². The van der Waals surface area contributed by atoms with Gasteiger partial charge in [0, 0.05) is 5.56 Å². The monoisotopic (exact) mass is 184 g/mol. The summed E-state index contributed by atoms with van der Waals surface area (Å²) in [6.45, 7) is 2.08. The molecule has 0 N–H and O–H groups in total. The minimum absolute atomic E-state index is 0.811. The molecule has 70 valence electrons. The van der Waals surface area contributed by atoms with E-state index in [1.807, 2.05) is 24.3 Å². The van der Waals surface area contributed by atoms with Crippen LogP contribution in [0.1, 0.15) is 22.8 Å². The molecule has 0 aromatic heterocycles. The molecule has 2 rings (SSSR count). The molecule has 0 fully saturated rings. The first kappa shape index (κ1) is 8.95. The summed E-state index contributed by atoms with van der Waals surface area (Å²) < 4.78 is 0. The van der Waals surface area contributed by atoms with Crippen molar-refractivity contribution >= 4 is 17.1 Å². The zero-order chi connectivity index (χ0) is 9.97. The summed E-state index contributed by atoms with van der Waals surface area (Å²) in [5.41, 5.74) is 1.96. The molecule has 0 saturated carbocycles. The summed E-state index contributed by atoms with van der Waals surface area (Å²) in [4.78, 5) is 10.8. The Hall–Kier alpha value is -1.63. The molecule has 14 heavy (non-hydrogen) atoms. The summed E-state index contributed by atoms with van der Waals surface area (Å²) in [5, 5.41) is 2.40. The van der Waals surface area contributed by atoms with E-state index in [4.69, 9.17) is 0 Å². The van der Waals surface area contributed by atoms with Crippen LogP contribution >= 0.6 is 0 Å². The van der Waals surface area contributed by atoms with Gasteiger partial charge in [-0.1, -0.05) is 43.3 Å². The molecule has 1 nitrogen and oxygen atoms in total. The second kappa shape index (κ2) is 3.62. The van der Waals surface area contributed by atoms with Gasteiger partial charge in [0.05, 0.1) is 0 Å². The lowest BCUT2D eigenvalue weighted by Crippen LogP contribution is -1.91. The van der Waals surface area contributed by atoms with Crippen LogP contribution in [0.15, 0.2) is 36.4 Å². The number of hydrogen-bond donors (Lipinski definition) is 0. The van der Waals surface area contributed by atoms with Crippen LogP contribution in [0.4, 0.5) is 0 Å². The van der Waals surface area contributed by atoms with Crippen molar-refractivity contribution in [3.8, 4) is 0 Å². The van der Waals surface area contributed by atoms with Gasteiger partial charge in [-0.15, -0.1) is 0 Å². The van der Waals surface area contributed by atoms with Crippen molar-refractivity contribution in [1.29, 1.82) is 0 Å². The fourth-order valence-corrected chi connectivity index (χ4v) is 1.86. The van der Waals surface area contributed by atoms with E-state index < -0.39 is 0 Å². The molecule has 0 amide bonds. The van der Waals surface area contributed by atoms with Crippen molar-refractivity contribution in [2.75, 3.05) is 0 Å². The Balaban J connectivity index is 2.83. The van der Waals surface area contributed by atoms with Crippen LogP contribution in [0, 0.1) is 0 Å². The summed E-state index contributed by atoms with van der Waals surface area (Å²) in [7, 11) is 0. The van der Waals surface area contributed by atoms with Crippen LogP contribution in [0.5, 0.6) is 0 Å². The van der Waals surface area contributed by atoms with E-state index in [0.29, 0.717) is 0 Å². The smallest absolute Gasteiger partial charge is 0.150 e. The van der Waals surface area contributed by atoms with E-state index in [9.17, 15) is 4.79 Å². The van der Waals surface area contributed by atoms with Gasteiger partial charge < -0.3 is 0 Å². The number of carbonyl (C=O) groups excluding carboxylic acids is 1. The fourth-order valence-electron chi connectivity index (χ4n) is 1.86. The highest BCUT2D eigenvalue weighted by Gasteiger charge is 2.03. The number of aldehydes is 1. The number of benzene rings is 2. The summed E-state index contributed by atoms with van der Waals surface area (Å²) in [6.07, 6.45) is 1.83. The van der Waals surface area contributed by atoms with Crippen molar-refractivity contribution in [3.63, 3.8) is 0 Å². The molecular weight excluding hydrogens is 172 g/mol. The van der Waals surface area contributed by atoms with E-state index >= 15 is 0 Å². The standard InChI is InChI=1S/C13H12O/c1-2-12-11(9-14)8-7-10-5-3-4-6-13(10)12/h3-9H,2H2,1H3. The number of rotatable bonds is 2. The molecule has 0 spiro atoms. The SMILES string of the molecule is CCc1c(C=O)ccc2ccccc12. The molecule has 1 heteroatoms. The average Bonchev–Trinajstić information content (AvgIpc) is 2.27. The molecule has 0 bridgehead atoms. The first-order valence-corrected chi connectivity index (χ1v) is 4.82. The van der Waals surface area contributed by atoms with Crippen molar-refractivity contribution in [2.24, 2.45) is 0 Å². The molecule has 2 aromatic rings. The Morgan fingerprint density at radius 3 is 2.64 bits per heavy atom. The fraction of sp³-hybridized carbons (Fsp3) is 0.154. The number of carbonyl (C=O) groups is 1. The average molecular weight is 184 g/mol. The van der Waals surface area contributed by atoms with E-state index in [-0.39, 0.29) is 0 Å². The normalized spacial score (nSPS) is 10.4. The van der Waals surface area contributed by atoms with Crippen molar-refractivity contribution in [3.05, 3.63) is 47.5 Å². The minimum Gasteiger partial charge on any atom is -0.298 e. The van der Waals surface area contributed by atoms with Crippen LogP contribution in [-0.2, 0) is 6.42 Å². The van der Waals surface area contributed by atoms with Gasteiger partial charge in [-0.3, -0.25) is 4.79 Å². The van der Waals surface area contributed by atoms with Crippen LogP contribution in [0.2, 0.25) is 0 Å². The molecule has 0 heterocycles. The molecule has 0 unspecified atom stereocenters. The summed E-state index contributed by atoms with van der Waals surface area (Å²) in [5.74, 6) is 0. The highest BCUT2D eigenvalue weighted by molar-refractivity contribution is 5.93. The Kier molecular flexibility index (Phi) is 2.32. The number of aryl methyl sites for hydroxylation is 1. The van der Waals surface area contributed by atoms with Crippen molar-refractivity contribution in [1.82, 2.24) is 0 Å². The molecule has 0 aliphatic carbocycles. The van der Waals surface area contributed by atoms with Crippen LogP contribution in [0.25, 0.3) is 10.8 Å². The van der Waals surface area contributed by atoms with E-state index in [1.165, 1.54) is 10.8 Å². The van der Waals surface area contributed by atoms with Gasteiger partial charge >= 0.3 is 0 Å². The quantitative estimate of drug-likeness (QED) is 0.655. The molecule has 0 radical (unpaired) electrons. The molecule has 2 aromatic carbocycles. The lowest BCUT2D eigenvalue weighted by Gasteiger charge is -2.06. The Morgan fingerprint density at radius 2 is 1.93 bits per heavy atom. The van der Waals surface area contributed by atoms with Crippen molar-refractivity contribution < 1.29 is 4.79 Å². The first-order chi connectivity index (χ1) is 6.86. The van der Waals surface area contributed by atoms with E-state index in [1.54, 1.807) is 0 Å². The zero-order valence-electron chi connectivity index (χ0n) is 8.16. The van der Waals surface area contributed by atoms with Crippen LogP contribution in [0.3, 0.4) is 0 Å². The lowest BCUT2D eigenvalue weighted by molar-refractivity contribution is 0.112. The molecule has 0 aliphatic heterocycles. The molecule has 0 aliphatic rings. The largest absolute Gasteiger partial charge is 0.298 e. The highest BCUT2D eigenvalue weighted by Crippen LogP contribution is 2.21.